The van der Waals surface area contributed by atoms with Gasteiger partial charge in [0.15, 0.2) is 11.4 Å². The third-order valence-electron chi connectivity index (χ3n) is 4.95. The molecule has 0 bridgehead atoms. The van der Waals surface area contributed by atoms with Crippen molar-refractivity contribution in [2.45, 2.75) is 31.2 Å². The van der Waals surface area contributed by atoms with Gasteiger partial charge in [-0.05, 0) is 55.8 Å². The Bertz CT molecular complexity index is 981. The number of nitrogens with zero attached hydrogens (tertiary/aromatic N) is 2. The summed E-state index contributed by atoms with van der Waals surface area (Å²) in [6.07, 6.45) is -4.35. The number of Topliss-reactive ketones (excluding diaryl/α,β-unsaturated/α-hetero) is 1. The Balaban J connectivity index is 1.74. The molecule has 1 fully saturated rings. The summed E-state index contributed by atoms with van der Waals surface area (Å²) in [6, 6.07) is 8.96. The monoisotopic (exact) mass is 422 g/mol. The van der Waals surface area contributed by atoms with Gasteiger partial charge in [0.05, 0.1) is 23.2 Å². The average molecular weight is 422 g/mol. The maximum Gasteiger partial charge on any atom is 0.417 e. The van der Waals surface area contributed by atoms with E-state index in [0.29, 0.717) is 13.0 Å². The van der Waals surface area contributed by atoms with E-state index in [1.165, 1.54) is 48.2 Å². The molecule has 5 nitrogen and oxygen atoms in total. The lowest BCUT2D eigenvalue weighted by Gasteiger charge is -2.44. The predicted molar refractivity (Wildman–Crippen MR) is 99.4 cm³/mol. The molecule has 1 aliphatic heterocycles. The van der Waals surface area contributed by atoms with Crippen LogP contribution in [-0.2, 0) is 11.0 Å². The largest absolute Gasteiger partial charge is 0.490 e. The molecule has 0 amide bonds. The molecule has 1 heterocycles. The molecule has 1 aliphatic rings. The van der Waals surface area contributed by atoms with Crippen molar-refractivity contribution in [1.29, 1.82) is 5.26 Å². The number of alkyl halides is 3. The van der Waals surface area contributed by atoms with Crippen LogP contribution in [0.2, 0.25) is 0 Å². The van der Waals surface area contributed by atoms with E-state index in [1.807, 2.05) is 0 Å². The van der Waals surface area contributed by atoms with Crippen LogP contribution in [0.15, 0.2) is 42.5 Å². The molecule has 0 saturated carbocycles. The summed E-state index contributed by atoms with van der Waals surface area (Å²) in [4.78, 5) is 14.3. The Morgan fingerprint density at radius 2 is 1.93 bits per heavy atom. The summed E-state index contributed by atoms with van der Waals surface area (Å²) in [6.45, 7) is 1.19. The van der Waals surface area contributed by atoms with E-state index in [-0.39, 0.29) is 11.4 Å². The average Bonchev–Trinajstić information content (AvgIpc) is 2.66. The van der Waals surface area contributed by atoms with Crippen LogP contribution >= 0.6 is 0 Å². The number of aliphatic hydroxyl groups is 1. The molecule has 2 atom stereocenters. The van der Waals surface area contributed by atoms with Crippen molar-refractivity contribution in [3.63, 3.8) is 0 Å². The van der Waals surface area contributed by atoms with Crippen LogP contribution in [0.3, 0.4) is 0 Å². The van der Waals surface area contributed by atoms with Crippen molar-refractivity contribution in [1.82, 2.24) is 0 Å². The van der Waals surface area contributed by atoms with Crippen molar-refractivity contribution in [3.8, 4) is 11.8 Å². The maximum absolute atomic E-state index is 13.2. The second-order valence-electron chi connectivity index (χ2n) is 7.22. The molecule has 1 unspecified atom stereocenters. The first-order chi connectivity index (χ1) is 14.0. The molecule has 9 heteroatoms. The molecule has 0 radical (unpaired) electrons. The SMILES string of the molecule is C[C@](O)(COc1ccc(F)cc1)C(=O)C1CCN1c1ccc(C#N)c(C(F)(F)F)c1. The van der Waals surface area contributed by atoms with E-state index in [0.717, 1.165) is 12.1 Å². The molecule has 2 aromatic rings. The van der Waals surface area contributed by atoms with Gasteiger partial charge in [0.25, 0.3) is 0 Å². The minimum atomic E-state index is -4.71. The summed E-state index contributed by atoms with van der Waals surface area (Å²) < 4.78 is 58.0. The fourth-order valence-electron chi connectivity index (χ4n) is 3.20. The second kappa shape index (κ2) is 7.95. The quantitative estimate of drug-likeness (QED) is 0.719. The minimum Gasteiger partial charge on any atom is -0.490 e. The summed E-state index contributed by atoms with van der Waals surface area (Å²) in [7, 11) is 0. The number of ketones is 1. The van der Waals surface area contributed by atoms with Crippen molar-refractivity contribution in [2.24, 2.45) is 0 Å². The third kappa shape index (κ3) is 4.39. The zero-order valence-corrected chi connectivity index (χ0v) is 15.9. The molecule has 30 heavy (non-hydrogen) atoms. The highest BCUT2D eigenvalue weighted by atomic mass is 19.4. The third-order valence-corrected chi connectivity index (χ3v) is 4.95. The number of halogens is 4. The molecule has 3 rings (SSSR count). The molecule has 0 aromatic heterocycles. The molecule has 1 N–H and O–H groups in total. The van der Waals surface area contributed by atoms with Gasteiger partial charge in [0.1, 0.15) is 18.2 Å². The van der Waals surface area contributed by atoms with Crippen LogP contribution in [0.1, 0.15) is 24.5 Å². The molecule has 1 saturated heterocycles. The van der Waals surface area contributed by atoms with Crippen molar-refractivity contribution < 1.29 is 32.2 Å². The highest BCUT2D eigenvalue weighted by Crippen LogP contribution is 2.37. The van der Waals surface area contributed by atoms with E-state index in [4.69, 9.17) is 10.00 Å². The van der Waals surface area contributed by atoms with Crippen molar-refractivity contribution in [3.05, 3.63) is 59.4 Å². The van der Waals surface area contributed by atoms with Crippen LogP contribution in [0, 0.1) is 17.1 Å². The van der Waals surface area contributed by atoms with E-state index < -0.39 is 47.2 Å². The zero-order chi connectivity index (χ0) is 22.1. The van der Waals surface area contributed by atoms with Crippen LogP contribution in [0.4, 0.5) is 23.2 Å². The van der Waals surface area contributed by atoms with Gasteiger partial charge in [-0.2, -0.15) is 18.4 Å². The zero-order valence-electron chi connectivity index (χ0n) is 15.9. The molecule has 158 valence electrons. The van der Waals surface area contributed by atoms with Gasteiger partial charge < -0.3 is 14.7 Å². The first-order valence-electron chi connectivity index (χ1n) is 9.06. The lowest BCUT2D eigenvalue weighted by Crippen LogP contribution is -2.60. The van der Waals surface area contributed by atoms with Crippen LogP contribution in [-0.4, -0.2) is 35.7 Å². The fourth-order valence-corrected chi connectivity index (χ4v) is 3.20. The second-order valence-corrected chi connectivity index (χ2v) is 7.22. The molecule has 0 spiro atoms. The summed E-state index contributed by atoms with van der Waals surface area (Å²) in [5.74, 6) is -0.804. The van der Waals surface area contributed by atoms with Crippen LogP contribution in [0.5, 0.6) is 5.75 Å². The number of benzene rings is 2. The van der Waals surface area contributed by atoms with E-state index in [2.05, 4.69) is 0 Å². The number of nitriles is 1. The topological polar surface area (TPSA) is 73.6 Å². The molecular formula is C21H18F4N2O3. The standard InChI is InChI=1S/C21H18F4N2O3/c1-20(29,12-30-16-6-3-14(22)4-7-16)19(28)18-8-9-27(18)15-5-2-13(11-26)17(10-15)21(23,24)25/h2-7,10,18,29H,8-9,12H2,1H3/t18?,20-/m0/s1. The Kier molecular flexibility index (Phi) is 5.72. The van der Waals surface area contributed by atoms with Gasteiger partial charge in [-0.3, -0.25) is 4.79 Å². The van der Waals surface area contributed by atoms with Crippen molar-refractivity contribution >= 4 is 11.5 Å². The Labute approximate surface area is 170 Å². The maximum atomic E-state index is 13.2. The lowest BCUT2D eigenvalue weighted by atomic mass is 9.87. The van der Waals surface area contributed by atoms with Gasteiger partial charge in [-0.15, -0.1) is 0 Å². The van der Waals surface area contributed by atoms with E-state index in [9.17, 15) is 27.5 Å². The van der Waals surface area contributed by atoms with Gasteiger partial charge in [-0.25, -0.2) is 4.39 Å². The number of hydrogen-bond acceptors (Lipinski definition) is 5. The fraction of sp³-hybridized carbons (Fsp3) is 0.333. The number of hydrogen-bond donors (Lipinski definition) is 1. The Hall–Kier alpha value is -3.12. The van der Waals surface area contributed by atoms with Gasteiger partial charge in [0, 0.05) is 12.2 Å². The molecule has 0 aliphatic carbocycles. The number of anilines is 1. The number of carbonyl (C=O) groups excluding carboxylic acids is 1. The smallest absolute Gasteiger partial charge is 0.417 e. The summed E-state index contributed by atoms with van der Waals surface area (Å²) in [5.41, 5.74) is -3.35. The number of carbonyl (C=O) groups is 1. The van der Waals surface area contributed by atoms with Crippen molar-refractivity contribution in [2.75, 3.05) is 18.1 Å². The van der Waals surface area contributed by atoms with E-state index >= 15 is 0 Å². The highest BCUT2D eigenvalue weighted by Gasteiger charge is 2.44. The Morgan fingerprint density at radius 3 is 2.47 bits per heavy atom. The van der Waals surface area contributed by atoms with Gasteiger partial charge in [-0.1, -0.05) is 0 Å². The van der Waals surface area contributed by atoms with E-state index in [1.54, 1.807) is 0 Å². The summed E-state index contributed by atoms with van der Waals surface area (Å²) >= 11 is 0. The van der Waals surface area contributed by atoms with Crippen LogP contribution < -0.4 is 9.64 Å². The lowest BCUT2D eigenvalue weighted by molar-refractivity contribution is -0.141. The Morgan fingerprint density at radius 1 is 1.27 bits per heavy atom. The highest BCUT2D eigenvalue weighted by molar-refractivity contribution is 5.95. The number of ether oxygens (including phenoxy) is 1. The minimum absolute atomic E-state index is 0.140. The summed E-state index contributed by atoms with van der Waals surface area (Å²) in [5, 5.41) is 19.5. The number of rotatable bonds is 6. The molecular weight excluding hydrogens is 404 g/mol. The first-order valence-corrected chi connectivity index (χ1v) is 9.06. The van der Waals surface area contributed by atoms with Gasteiger partial charge in [0.2, 0.25) is 0 Å². The van der Waals surface area contributed by atoms with Gasteiger partial charge >= 0.3 is 6.18 Å². The first kappa shape index (κ1) is 21.6. The van der Waals surface area contributed by atoms with Crippen LogP contribution in [0.25, 0.3) is 0 Å². The molecule has 2 aromatic carbocycles. The normalized spacial score (nSPS) is 18.2. The predicted octanol–water partition coefficient (Wildman–Crippen LogP) is 3.69.